The van der Waals surface area contributed by atoms with Gasteiger partial charge in [0.1, 0.15) is 29.8 Å². The van der Waals surface area contributed by atoms with E-state index in [1.807, 2.05) is 11.6 Å². The van der Waals surface area contributed by atoms with Crippen LogP contribution in [0, 0.1) is 25.1 Å². The number of fused-ring (bicyclic) bond motifs is 1. The molecule has 0 spiro atoms. The van der Waals surface area contributed by atoms with Crippen molar-refractivity contribution < 1.29 is 13.9 Å². The summed E-state index contributed by atoms with van der Waals surface area (Å²) >= 11 is 0. The number of ether oxygens (including phenoxy) is 1. The van der Waals surface area contributed by atoms with Crippen molar-refractivity contribution in [1.82, 2.24) is 20.1 Å². The van der Waals surface area contributed by atoms with Gasteiger partial charge < -0.3 is 15.4 Å². The van der Waals surface area contributed by atoms with Gasteiger partial charge in [-0.15, -0.1) is 6.42 Å². The van der Waals surface area contributed by atoms with Gasteiger partial charge in [0.2, 0.25) is 0 Å². The van der Waals surface area contributed by atoms with Crippen molar-refractivity contribution in [2.75, 3.05) is 11.9 Å². The molecule has 8 heteroatoms. The maximum absolute atomic E-state index is 13.4. The molecule has 1 aliphatic heterocycles. The lowest BCUT2D eigenvalue weighted by Gasteiger charge is -2.23. The number of rotatable bonds is 4. The number of benzene rings is 1. The number of urea groups is 1. The van der Waals surface area contributed by atoms with Gasteiger partial charge in [-0.05, 0) is 31.9 Å². The Balaban J connectivity index is 1.70. The molecule has 3 rings (SSSR count). The summed E-state index contributed by atoms with van der Waals surface area (Å²) in [6, 6.07) is 3.17. The third kappa shape index (κ3) is 3.88. The van der Waals surface area contributed by atoms with Crippen LogP contribution < -0.4 is 15.4 Å². The number of nitrogens with one attached hydrogen (secondary N) is 2. The van der Waals surface area contributed by atoms with Gasteiger partial charge in [0.25, 0.3) is 0 Å². The van der Waals surface area contributed by atoms with Gasteiger partial charge in [0.05, 0.1) is 11.7 Å². The third-order valence-electron chi connectivity index (χ3n) is 3.79. The van der Waals surface area contributed by atoms with Gasteiger partial charge in [-0.1, -0.05) is 5.92 Å². The summed E-state index contributed by atoms with van der Waals surface area (Å²) in [6.45, 7) is 2.58. The summed E-state index contributed by atoms with van der Waals surface area (Å²) in [4.78, 5) is 16.7. The molecule has 2 N–H and O–H groups in total. The molecule has 25 heavy (non-hydrogen) atoms. The number of amides is 2. The number of nitrogens with zero attached hydrogens (tertiary/aromatic N) is 3. The Morgan fingerprint density at radius 1 is 1.56 bits per heavy atom. The number of carbonyl (C=O) groups excluding carboxylic acids is 1. The minimum Gasteiger partial charge on any atom is -0.479 e. The van der Waals surface area contributed by atoms with E-state index in [1.165, 1.54) is 18.2 Å². The molecule has 0 bridgehead atoms. The second-order valence-electron chi connectivity index (χ2n) is 5.67. The van der Waals surface area contributed by atoms with Crippen LogP contribution in [0.25, 0.3) is 0 Å². The van der Waals surface area contributed by atoms with Crippen molar-refractivity contribution >= 4 is 11.7 Å². The first-order valence-electron chi connectivity index (χ1n) is 7.91. The van der Waals surface area contributed by atoms with Gasteiger partial charge in [0, 0.05) is 12.6 Å². The zero-order chi connectivity index (χ0) is 17.8. The first kappa shape index (κ1) is 16.8. The Bertz CT molecular complexity index is 827. The molecule has 2 amide bonds. The monoisotopic (exact) mass is 343 g/mol. The summed E-state index contributed by atoms with van der Waals surface area (Å²) in [7, 11) is 0. The second kappa shape index (κ2) is 7.21. The molecule has 0 radical (unpaired) electrons. The average Bonchev–Trinajstić information content (AvgIpc) is 2.96. The molecule has 1 aromatic heterocycles. The van der Waals surface area contributed by atoms with Gasteiger partial charge >= 0.3 is 6.03 Å². The fourth-order valence-corrected chi connectivity index (χ4v) is 2.76. The highest BCUT2D eigenvalue weighted by atomic mass is 19.1. The van der Waals surface area contributed by atoms with Gasteiger partial charge in [-0.25, -0.2) is 18.9 Å². The molecule has 7 nitrogen and oxygen atoms in total. The van der Waals surface area contributed by atoms with E-state index in [0.717, 1.165) is 25.2 Å². The van der Waals surface area contributed by atoms with E-state index in [-0.39, 0.29) is 18.4 Å². The lowest BCUT2D eigenvalue weighted by atomic mass is 10.1. The van der Waals surface area contributed by atoms with Gasteiger partial charge in [-0.2, -0.15) is 5.10 Å². The van der Waals surface area contributed by atoms with Crippen LogP contribution in [-0.4, -0.2) is 27.4 Å². The van der Waals surface area contributed by atoms with Crippen LogP contribution in [0.4, 0.5) is 14.9 Å². The topological polar surface area (TPSA) is 81.1 Å². The fraction of sp³-hybridized carbons (Fsp3) is 0.353. The summed E-state index contributed by atoms with van der Waals surface area (Å²) in [5.74, 6) is 3.41. The van der Waals surface area contributed by atoms with Crippen molar-refractivity contribution in [3.05, 3.63) is 35.7 Å². The summed E-state index contributed by atoms with van der Waals surface area (Å²) in [5, 5.41) is 9.84. The van der Waals surface area contributed by atoms with Crippen molar-refractivity contribution in [3.8, 4) is 18.1 Å². The van der Waals surface area contributed by atoms with Crippen LogP contribution in [0.15, 0.2) is 18.2 Å². The summed E-state index contributed by atoms with van der Waals surface area (Å²) in [6.07, 6.45) is 6.82. The Labute approximate surface area is 144 Å². The standard InChI is InChI=1S/C17H18FN5O2/c1-3-9-25-15-10-12(18)6-7-13(15)20-17(24)21-14-5-4-8-23-16(14)19-11(2)22-23/h1,6-7,10,14H,4-5,8-9H2,2H3,(H2,20,21,24). The summed E-state index contributed by atoms with van der Waals surface area (Å²) < 4.78 is 20.5. The minimum atomic E-state index is -0.478. The number of hydrogen-bond acceptors (Lipinski definition) is 4. The highest BCUT2D eigenvalue weighted by Gasteiger charge is 2.25. The van der Waals surface area contributed by atoms with Crippen molar-refractivity contribution in [2.24, 2.45) is 0 Å². The number of hydrogen-bond donors (Lipinski definition) is 2. The lowest BCUT2D eigenvalue weighted by Crippen LogP contribution is -2.36. The highest BCUT2D eigenvalue weighted by Crippen LogP contribution is 2.26. The second-order valence-corrected chi connectivity index (χ2v) is 5.67. The molecule has 1 aliphatic rings. The van der Waals surface area contributed by atoms with E-state index < -0.39 is 11.8 Å². The highest BCUT2D eigenvalue weighted by molar-refractivity contribution is 5.91. The molecule has 1 aromatic carbocycles. The number of anilines is 1. The Morgan fingerprint density at radius 3 is 3.20 bits per heavy atom. The molecule has 1 atom stereocenters. The maximum atomic E-state index is 13.4. The smallest absolute Gasteiger partial charge is 0.319 e. The Kier molecular flexibility index (Phi) is 4.84. The Hall–Kier alpha value is -3.08. The van der Waals surface area contributed by atoms with E-state index in [4.69, 9.17) is 11.2 Å². The molecular weight excluding hydrogens is 325 g/mol. The number of aromatic nitrogens is 3. The molecule has 0 fully saturated rings. The average molecular weight is 343 g/mol. The Morgan fingerprint density at radius 2 is 2.40 bits per heavy atom. The zero-order valence-electron chi connectivity index (χ0n) is 13.8. The number of carbonyl (C=O) groups is 1. The molecule has 0 saturated carbocycles. The van der Waals surface area contributed by atoms with Crippen LogP contribution in [0.3, 0.4) is 0 Å². The molecule has 2 aromatic rings. The number of terminal acetylenes is 1. The quantitative estimate of drug-likeness (QED) is 0.835. The lowest BCUT2D eigenvalue weighted by molar-refractivity contribution is 0.244. The van der Waals surface area contributed by atoms with E-state index in [2.05, 4.69) is 26.6 Å². The van der Waals surface area contributed by atoms with E-state index in [1.54, 1.807) is 0 Å². The molecular formula is C17H18FN5O2. The van der Waals surface area contributed by atoms with Crippen molar-refractivity contribution in [1.29, 1.82) is 0 Å². The van der Waals surface area contributed by atoms with E-state index in [0.29, 0.717) is 11.5 Å². The minimum absolute atomic E-state index is 0.0231. The number of aryl methyl sites for hydroxylation is 2. The first-order valence-corrected chi connectivity index (χ1v) is 7.91. The predicted molar refractivity (Wildman–Crippen MR) is 89.6 cm³/mol. The van der Waals surface area contributed by atoms with Gasteiger partial charge in [0.15, 0.2) is 0 Å². The zero-order valence-corrected chi connectivity index (χ0v) is 13.8. The fourth-order valence-electron chi connectivity index (χ4n) is 2.76. The predicted octanol–water partition coefficient (Wildman–Crippen LogP) is 2.39. The van der Waals surface area contributed by atoms with Gasteiger partial charge in [-0.3, -0.25) is 0 Å². The van der Waals surface area contributed by atoms with Crippen molar-refractivity contribution in [2.45, 2.75) is 32.4 Å². The van der Waals surface area contributed by atoms with Crippen LogP contribution in [0.1, 0.15) is 30.5 Å². The van der Waals surface area contributed by atoms with Crippen LogP contribution in [-0.2, 0) is 6.54 Å². The van der Waals surface area contributed by atoms with Crippen LogP contribution >= 0.6 is 0 Å². The summed E-state index contributed by atoms with van der Waals surface area (Å²) in [5.41, 5.74) is 0.336. The molecule has 130 valence electrons. The third-order valence-corrected chi connectivity index (χ3v) is 3.79. The normalized spacial score (nSPS) is 15.8. The van der Waals surface area contributed by atoms with Crippen molar-refractivity contribution in [3.63, 3.8) is 0 Å². The number of halogens is 1. The molecule has 0 saturated heterocycles. The maximum Gasteiger partial charge on any atom is 0.319 e. The van der Waals surface area contributed by atoms with E-state index in [9.17, 15) is 9.18 Å². The van der Waals surface area contributed by atoms with Crippen LogP contribution in [0.2, 0.25) is 0 Å². The first-order chi connectivity index (χ1) is 12.1. The molecule has 2 heterocycles. The van der Waals surface area contributed by atoms with Crippen LogP contribution in [0.5, 0.6) is 5.75 Å². The SMILES string of the molecule is C#CCOc1cc(F)ccc1NC(=O)NC1CCCn2nc(C)nc21. The van der Waals surface area contributed by atoms with E-state index >= 15 is 0 Å². The largest absolute Gasteiger partial charge is 0.479 e. The molecule has 1 unspecified atom stereocenters. The molecule has 0 aliphatic carbocycles.